The first-order chi connectivity index (χ1) is 8.20. The summed E-state index contributed by atoms with van der Waals surface area (Å²) in [5.74, 6) is -1.43. The van der Waals surface area contributed by atoms with Gasteiger partial charge in [-0.2, -0.15) is 0 Å². The second kappa shape index (κ2) is 10.7. The number of methoxy groups -OCH3 is 2. The maximum Gasteiger partial charge on any atom is 0.339 e. The predicted octanol–water partition coefficient (Wildman–Crippen LogP) is 0.431. The Hall–Kier alpha value is -1.79. The number of hydrogen-bond donors (Lipinski definition) is 0. The Balaban J connectivity index is 0.000000354. The number of esters is 2. The van der Waals surface area contributed by atoms with E-state index in [0.717, 1.165) is 0 Å². The zero-order chi connectivity index (χ0) is 12.9. The van der Waals surface area contributed by atoms with Crippen LogP contribution in [-0.2, 0) is 23.8 Å². The highest BCUT2D eigenvalue weighted by molar-refractivity contribution is 5.86. The minimum Gasteiger partial charge on any atom is -0.390 e. The summed E-state index contributed by atoms with van der Waals surface area (Å²) < 4.78 is 13.0. The van der Waals surface area contributed by atoms with Crippen molar-refractivity contribution in [2.75, 3.05) is 27.4 Å². The number of carbonyl (C=O) groups is 2. The summed E-state index contributed by atoms with van der Waals surface area (Å²) in [6, 6.07) is 5.72. The van der Waals surface area contributed by atoms with Crippen LogP contribution in [0.4, 0.5) is 0 Å². The predicted molar refractivity (Wildman–Crippen MR) is 59.1 cm³/mol. The number of pyridine rings is 1. The molecule has 0 radical (unpaired) electrons. The summed E-state index contributed by atoms with van der Waals surface area (Å²) in [6.45, 7) is -0.453. The molecule has 6 heteroatoms. The van der Waals surface area contributed by atoms with Gasteiger partial charge in [-0.1, -0.05) is 6.07 Å². The van der Waals surface area contributed by atoms with Gasteiger partial charge in [0.25, 0.3) is 0 Å². The maximum absolute atomic E-state index is 10.5. The van der Waals surface area contributed by atoms with Crippen LogP contribution in [0.15, 0.2) is 30.6 Å². The van der Waals surface area contributed by atoms with Gasteiger partial charge in [0.05, 0.1) is 0 Å². The van der Waals surface area contributed by atoms with Crippen molar-refractivity contribution < 1.29 is 23.8 Å². The van der Waals surface area contributed by atoms with Crippen LogP contribution >= 0.6 is 0 Å². The maximum atomic E-state index is 10.5. The molecule has 94 valence electrons. The molecule has 17 heavy (non-hydrogen) atoms. The third-order valence-corrected chi connectivity index (χ3v) is 1.32. The lowest BCUT2D eigenvalue weighted by atomic mass is 10.5. The molecule has 0 unspecified atom stereocenters. The van der Waals surface area contributed by atoms with E-state index in [1.54, 1.807) is 12.4 Å². The van der Waals surface area contributed by atoms with E-state index in [2.05, 4.69) is 19.2 Å². The number of nitrogens with zero attached hydrogens (tertiary/aromatic N) is 1. The highest BCUT2D eigenvalue weighted by Crippen LogP contribution is 1.82. The number of ether oxygens (including phenoxy) is 3. The SMILES string of the molecule is COCC(=O)OC(=O)COC.c1ccncc1. The van der Waals surface area contributed by atoms with Gasteiger partial charge in [0.2, 0.25) is 0 Å². The molecule has 0 spiro atoms. The van der Waals surface area contributed by atoms with Crippen LogP contribution < -0.4 is 0 Å². The van der Waals surface area contributed by atoms with Crippen molar-refractivity contribution in [1.82, 2.24) is 4.98 Å². The number of carbonyl (C=O) groups excluding carboxylic acids is 2. The third kappa shape index (κ3) is 10.5. The Kier molecular flexibility index (Phi) is 9.59. The molecule has 0 bridgehead atoms. The molecule has 0 saturated heterocycles. The van der Waals surface area contributed by atoms with Crippen LogP contribution in [0.1, 0.15) is 0 Å². The molecule has 0 aromatic carbocycles. The zero-order valence-corrected chi connectivity index (χ0v) is 9.79. The van der Waals surface area contributed by atoms with Crippen molar-refractivity contribution in [3.05, 3.63) is 30.6 Å². The molecule has 1 aromatic rings. The van der Waals surface area contributed by atoms with Gasteiger partial charge in [0.1, 0.15) is 13.2 Å². The largest absolute Gasteiger partial charge is 0.390 e. The summed E-state index contributed by atoms with van der Waals surface area (Å²) in [4.78, 5) is 24.8. The summed E-state index contributed by atoms with van der Waals surface area (Å²) >= 11 is 0. The Labute approximate surface area is 99.5 Å². The zero-order valence-electron chi connectivity index (χ0n) is 9.79. The van der Waals surface area contributed by atoms with Crippen molar-refractivity contribution in [2.45, 2.75) is 0 Å². The Morgan fingerprint density at radius 1 is 0.941 bits per heavy atom. The van der Waals surface area contributed by atoms with Gasteiger partial charge in [-0.25, -0.2) is 9.59 Å². The lowest BCUT2D eigenvalue weighted by Crippen LogP contribution is -2.19. The fourth-order valence-electron chi connectivity index (χ4n) is 0.734. The van der Waals surface area contributed by atoms with Crippen molar-refractivity contribution in [3.63, 3.8) is 0 Å². The normalized spacial score (nSPS) is 8.82. The Morgan fingerprint density at radius 2 is 1.41 bits per heavy atom. The molecule has 0 atom stereocenters. The molecule has 0 aliphatic rings. The first-order valence-corrected chi connectivity index (χ1v) is 4.77. The van der Waals surface area contributed by atoms with Gasteiger partial charge in [0.15, 0.2) is 0 Å². The van der Waals surface area contributed by atoms with Gasteiger partial charge in [-0.05, 0) is 12.1 Å². The minimum absolute atomic E-state index is 0.227. The smallest absolute Gasteiger partial charge is 0.339 e. The molecular formula is C11H15NO5. The molecule has 1 rings (SSSR count). The number of rotatable bonds is 4. The van der Waals surface area contributed by atoms with E-state index < -0.39 is 11.9 Å². The van der Waals surface area contributed by atoms with Gasteiger partial charge in [-0.3, -0.25) is 4.98 Å². The first kappa shape index (κ1) is 15.2. The highest BCUT2D eigenvalue weighted by atomic mass is 16.6. The average Bonchev–Trinajstić information content (AvgIpc) is 2.32. The topological polar surface area (TPSA) is 74.7 Å². The van der Waals surface area contributed by atoms with Crippen LogP contribution in [0.3, 0.4) is 0 Å². The van der Waals surface area contributed by atoms with E-state index in [-0.39, 0.29) is 13.2 Å². The second-order valence-corrected chi connectivity index (χ2v) is 2.74. The van der Waals surface area contributed by atoms with E-state index >= 15 is 0 Å². The molecule has 6 nitrogen and oxygen atoms in total. The van der Waals surface area contributed by atoms with Crippen LogP contribution in [0, 0.1) is 0 Å². The summed E-state index contributed by atoms with van der Waals surface area (Å²) in [7, 11) is 2.67. The molecule has 0 aliphatic heterocycles. The standard InChI is InChI=1S/C6H10O5.C5H5N/c1-9-3-5(7)11-6(8)4-10-2;1-2-4-6-5-3-1/h3-4H2,1-2H3;1-5H. The summed E-state index contributed by atoms with van der Waals surface area (Å²) in [5, 5.41) is 0. The van der Waals surface area contributed by atoms with E-state index in [1.165, 1.54) is 14.2 Å². The first-order valence-electron chi connectivity index (χ1n) is 4.77. The van der Waals surface area contributed by atoms with E-state index in [1.807, 2.05) is 18.2 Å². The van der Waals surface area contributed by atoms with Crippen molar-refractivity contribution in [3.8, 4) is 0 Å². The van der Waals surface area contributed by atoms with Crippen molar-refractivity contribution >= 4 is 11.9 Å². The fraction of sp³-hybridized carbons (Fsp3) is 0.364. The minimum atomic E-state index is -0.713. The van der Waals surface area contributed by atoms with Crippen molar-refractivity contribution in [2.24, 2.45) is 0 Å². The third-order valence-electron chi connectivity index (χ3n) is 1.32. The molecule has 1 aromatic heterocycles. The monoisotopic (exact) mass is 241 g/mol. The molecular weight excluding hydrogens is 226 g/mol. The number of aromatic nitrogens is 1. The van der Waals surface area contributed by atoms with Crippen LogP contribution in [-0.4, -0.2) is 44.4 Å². The average molecular weight is 241 g/mol. The van der Waals surface area contributed by atoms with Gasteiger partial charge in [0, 0.05) is 26.6 Å². The van der Waals surface area contributed by atoms with Crippen LogP contribution in [0.2, 0.25) is 0 Å². The lowest BCUT2D eigenvalue weighted by Gasteiger charge is -1.99. The van der Waals surface area contributed by atoms with E-state index in [9.17, 15) is 9.59 Å². The molecule has 1 heterocycles. The summed E-state index contributed by atoms with van der Waals surface area (Å²) in [5.41, 5.74) is 0. The number of hydrogen-bond acceptors (Lipinski definition) is 6. The lowest BCUT2D eigenvalue weighted by molar-refractivity contribution is -0.164. The van der Waals surface area contributed by atoms with Crippen LogP contribution in [0.25, 0.3) is 0 Å². The second-order valence-electron chi connectivity index (χ2n) is 2.74. The van der Waals surface area contributed by atoms with Crippen molar-refractivity contribution in [1.29, 1.82) is 0 Å². The van der Waals surface area contributed by atoms with Gasteiger partial charge in [-0.15, -0.1) is 0 Å². The molecule has 0 fully saturated rings. The molecule has 0 N–H and O–H groups in total. The molecule has 0 saturated carbocycles. The quantitative estimate of drug-likeness (QED) is 0.562. The van der Waals surface area contributed by atoms with Gasteiger partial charge >= 0.3 is 11.9 Å². The highest BCUT2D eigenvalue weighted by Gasteiger charge is 2.08. The summed E-state index contributed by atoms with van der Waals surface area (Å²) in [6.07, 6.45) is 3.50. The Morgan fingerprint density at radius 3 is 1.65 bits per heavy atom. The molecule has 0 aliphatic carbocycles. The Bertz CT molecular complexity index is 272. The fourth-order valence-corrected chi connectivity index (χ4v) is 0.734. The van der Waals surface area contributed by atoms with E-state index in [0.29, 0.717) is 0 Å². The van der Waals surface area contributed by atoms with Crippen LogP contribution in [0.5, 0.6) is 0 Å². The van der Waals surface area contributed by atoms with Gasteiger partial charge < -0.3 is 14.2 Å². The molecule has 0 amide bonds. The van der Waals surface area contributed by atoms with E-state index in [4.69, 9.17) is 0 Å².